The van der Waals surface area contributed by atoms with Gasteiger partial charge in [-0.05, 0) is 34.7 Å². The van der Waals surface area contributed by atoms with E-state index in [0.29, 0.717) is 13.1 Å². The van der Waals surface area contributed by atoms with Gasteiger partial charge in [0, 0.05) is 13.1 Å². The number of isocyanates is 2. The summed E-state index contributed by atoms with van der Waals surface area (Å²) in [7, 11) is 0. The van der Waals surface area contributed by atoms with Crippen LogP contribution < -0.4 is 11.5 Å². The minimum atomic E-state index is -0.125. The fraction of sp³-hybridized carbons (Fsp3) is 0.263. The van der Waals surface area contributed by atoms with Crippen LogP contribution in [0.25, 0.3) is 22.3 Å². The van der Waals surface area contributed by atoms with E-state index in [-0.39, 0.29) is 13.2 Å². The van der Waals surface area contributed by atoms with Gasteiger partial charge >= 0.3 is 0 Å². The third-order valence-electron chi connectivity index (χ3n) is 3.03. The van der Waals surface area contributed by atoms with Crippen LogP contribution in [0.2, 0.25) is 0 Å². The Bertz CT molecular complexity index is 703. The van der Waals surface area contributed by atoms with Gasteiger partial charge in [0.05, 0.1) is 13.2 Å². The molecule has 8 heteroatoms. The fourth-order valence-corrected chi connectivity index (χ4v) is 2.12. The Hall–Kier alpha value is -2.96. The molecule has 0 bridgehead atoms. The summed E-state index contributed by atoms with van der Waals surface area (Å²) in [6, 6.07) is 15.1. The van der Waals surface area contributed by atoms with Gasteiger partial charge in [-0.3, -0.25) is 0 Å². The molecule has 8 nitrogen and oxygen atoms in total. The summed E-state index contributed by atoms with van der Waals surface area (Å²) in [4.78, 5) is 16.7. The number of hydrogen-bond acceptors (Lipinski definition) is 8. The number of hydrogen-bond donors (Lipinski definition) is 6. The molecule has 0 heterocycles. The highest BCUT2D eigenvalue weighted by atomic mass is 16.3. The topological polar surface area (TPSA) is 174 Å². The maximum atomic E-state index is 8.35. The van der Waals surface area contributed by atoms with E-state index in [1.165, 1.54) is 27.8 Å². The Labute approximate surface area is 158 Å². The molecule has 0 saturated heterocycles. The molecule has 8 N–H and O–H groups in total. The molecule has 1 aliphatic rings. The second kappa shape index (κ2) is 17.8. The van der Waals surface area contributed by atoms with Crippen molar-refractivity contribution in [1.29, 1.82) is 10.8 Å². The lowest BCUT2D eigenvalue weighted by Gasteiger charge is -2.25. The number of carbonyl (C=O) groups excluding carboxylic acids is 2. The zero-order chi connectivity index (χ0) is 21.1. The van der Waals surface area contributed by atoms with Gasteiger partial charge in [-0.15, -0.1) is 0 Å². The number of nitrogens with two attached hydrogens (primary N) is 2. The quantitative estimate of drug-likeness (QED) is 0.291. The van der Waals surface area contributed by atoms with Crippen molar-refractivity contribution in [3.05, 3.63) is 48.0 Å². The molecule has 27 heavy (non-hydrogen) atoms. The third-order valence-corrected chi connectivity index (χ3v) is 3.03. The zero-order valence-corrected chi connectivity index (χ0v) is 15.2. The van der Waals surface area contributed by atoms with Crippen LogP contribution in [-0.2, 0) is 9.59 Å². The molecular weight excluding hydrogens is 348 g/mol. The van der Waals surface area contributed by atoms with Crippen LogP contribution in [0.5, 0.6) is 0 Å². The average molecular weight is 374 g/mol. The van der Waals surface area contributed by atoms with Crippen molar-refractivity contribution >= 4 is 12.2 Å². The van der Waals surface area contributed by atoms with Crippen molar-refractivity contribution in [2.75, 3.05) is 26.3 Å². The number of fused-ring (bicyclic) bond motifs is 4. The van der Waals surface area contributed by atoms with Gasteiger partial charge in [0.2, 0.25) is 12.2 Å². The summed E-state index contributed by atoms with van der Waals surface area (Å²) in [6.07, 6.45) is 1.50. The van der Waals surface area contributed by atoms with Crippen LogP contribution >= 0.6 is 0 Å². The predicted molar refractivity (Wildman–Crippen MR) is 105 cm³/mol. The smallest absolute Gasteiger partial charge is 0.231 e. The van der Waals surface area contributed by atoms with Gasteiger partial charge in [-0.1, -0.05) is 42.5 Å². The van der Waals surface area contributed by atoms with Crippen molar-refractivity contribution in [3.63, 3.8) is 0 Å². The minimum Gasteiger partial charge on any atom is -0.394 e. The van der Waals surface area contributed by atoms with E-state index in [2.05, 4.69) is 49.4 Å². The molecule has 2 aromatic carbocycles. The van der Waals surface area contributed by atoms with Crippen LogP contribution in [0.4, 0.5) is 0 Å². The van der Waals surface area contributed by atoms with E-state index in [1.54, 1.807) is 0 Å². The predicted octanol–water partition coefficient (Wildman–Crippen LogP) is 1.32. The van der Waals surface area contributed by atoms with Crippen molar-refractivity contribution in [3.8, 4) is 22.3 Å². The highest BCUT2D eigenvalue weighted by Gasteiger charge is 2.22. The molecule has 146 valence electrons. The van der Waals surface area contributed by atoms with Gasteiger partial charge in [0.15, 0.2) is 0 Å². The Morgan fingerprint density at radius 1 is 0.815 bits per heavy atom. The lowest BCUT2D eigenvalue weighted by molar-refractivity contribution is 0.186. The average Bonchev–Trinajstić information content (AvgIpc) is 2.67. The van der Waals surface area contributed by atoms with Gasteiger partial charge < -0.3 is 21.7 Å². The Morgan fingerprint density at radius 2 is 1.22 bits per heavy atom. The first-order chi connectivity index (χ1) is 13.0. The van der Waals surface area contributed by atoms with Crippen molar-refractivity contribution in [2.45, 2.75) is 6.92 Å². The molecule has 3 rings (SSSR count). The lowest BCUT2D eigenvalue weighted by atomic mass is 9.78. The van der Waals surface area contributed by atoms with Crippen LogP contribution in [0.3, 0.4) is 0 Å². The third kappa shape index (κ3) is 9.94. The van der Waals surface area contributed by atoms with Crippen LogP contribution in [0, 0.1) is 17.7 Å². The lowest BCUT2D eigenvalue weighted by Crippen LogP contribution is -2.11. The first kappa shape index (κ1) is 26.3. The summed E-state index contributed by atoms with van der Waals surface area (Å²) < 4.78 is 0. The number of nitrogens with one attached hydrogen (secondary N) is 2. The summed E-state index contributed by atoms with van der Waals surface area (Å²) in [6.45, 7) is 3.12. The van der Waals surface area contributed by atoms with Gasteiger partial charge in [-0.2, -0.15) is 0 Å². The molecule has 0 aromatic heterocycles. The van der Waals surface area contributed by atoms with E-state index < -0.39 is 0 Å². The minimum absolute atomic E-state index is 0.125. The van der Waals surface area contributed by atoms with Gasteiger partial charge in [0.25, 0.3) is 0 Å². The number of aliphatic hydroxyl groups is 2. The number of rotatable bonds is 2. The Balaban J connectivity index is 0. The molecule has 0 radical (unpaired) electrons. The van der Waals surface area contributed by atoms with Crippen LogP contribution in [0.15, 0.2) is 42.5 Å². The molecule has 0 spiro atoms. The highest BCUT2D eigenvalue weighted by Crippen LogP contribution is 2.48. The van der Waals surface area contributed by atoms with E-state index in [9.17, 15) is 0 Å². The fourth-order valence-electron chi connectivity index (χ4n) is 2.12. The standard InChI is InChI=1S/C13H10.C2H8N2.C2H6O2.2CHNO/c1-9-5-4-8-12-10-6-2-3-7-11(10)13(9)12;2*3-1-2-4;2*2-1-3/h2-8H,1H3;1-4H2;3-4H,1-2H2;2*2H. The molecule has 0 saturated carbocycles. The van der Waals surface area contributed by atoms with Crippen LogP contribution in [0.1, 0.15) is 5.56 Å². The molecule has 2 aromatic rings. The second-order valence-corrected chi connectivity index (χ2v) is 4.77. The maximum absolute atomic E-state index is 8.35. The van der Waals surface area contributed by atoms with E-state index in [1.807, 2.05) is 0 Å². The zero-order valence-electron chi connectivity index (χ0n) is 15.2. The van der Waals surface area contributed by atoms with Crippen LogP contribution in [-0.4, -0.2) is 48.7 Å². The summed E-state index contributed by atoms with van der Waals surface area (Å²) in [5, 5.41) is 26.1. The maximum Gasteiger partial charge on any atom is 0.231 e. The Kier molecular flexibility index (Phi) is 17.4. The highest BCUT2D eigenvalue weighted by molar-refractivity contribution is 6.03. The van der Waals surface area contributed by atoms with E-state index in [0.717, 1.165) is 12.2 Å². The molecular formula is C19H26N4O4. The molecule has 0 atom stereocenters. The van der Waals surface area contributed by atoms with Gasteiger partial charge in [-0.25, -0.2) is 20.4 Å². The first-order valence-electron chi connectivity index (χ1n) is 7.93. The van der Waals surface area contributed by atoms with Crippen molar-refractivity contribution < 1.29 is 19.8 Å². The number of aryl methyl sites for hydroxylation is 1. The SMILES string of the molecule is Cc1cccc2c1-c1ccccc1-2.N=C=O.N=C=O.NCCN.OCCO. The van der Waals surface area contributed by atoms with Crippen molar-refractivity contribution in [2.24, 2.45) is 11.5 Å². The molecule has 0 fully saturated rings. The largest absolute Gasteiger partial charge is 0.394 e. The van der Waals surface area contributed by atoms with E-state index >= 15 is 0 Å². The summed E-state index contributed by atoms with van der Waals surface area (Å²) >= 11 is 0. The Morgan fingerprint density at radius 3 is 1.63 bits per heavy atom. The molecule has 0 aliphatic heterocycles. The monoisotopic (exact) mass is 374 g/mol. The summed E-state index contributed by atoms with van der Waals surface area (Å²) in [5.74, 6) is 0. The number of aliphatic hydroxyl groups excluding tert-OH is 2. The molecule has 1 aliphatic carbocycles. The van der Waals surface area contributed by atoms with Crippen molar-refractivity contribution in [1.82, 2.24) is 0 Å². The summed E-state index contributed by atoms with van der Waals surface area (Å²) in [5.41, 5.74) is 16.9. The molecule has 0 amide bonds. The van der Waals surface area contributed by atoms with Gasteiger partial charge in [0.1, 0.15) is 0 Å². The first-order valence-corrected chi connectivity index (χ1v) is 7.93. The second-order valence-electron chi connectivity index (χ2n) is 4.77. The number of benzene rings is 2. The normalized spacial score (nSPS) is 8.33. The van der Waals surface area contributed by atoms with E-state index in [4.69, 9.17) is 42.1 Å². The molecule has 0 unspecified atom stereocenters.